The van der Waals surface area contributed by atoms with E-state index in [9.17, 15) is 19.5 Å². The number of aliphatic carboxylic acids is 1. The van der Waals surface area contributed by atoms with E-state index in [-0.39, 0.29) is 28.1 Å². The highest BCUT2D eigenvalue weighted by Gasteiger charge is 2.54. The molecule has 0 bridgehead atoms. The average molecular weight is 609 g/mol. The Kier molecular flexibility index (Phi) is 7.69. The number of amides is 2. The van der Waals surface area contributed by atoms with Crippen molar-refractivity contribution >= 4 is 75.3 Å². The largest absolute Gasteiger partial charge is 0.477 e. The van der Waals surface area contributed by atoms with Crippen LogP contribution in [-0.4, -0.2) is 86.0 Å². The third kappa shape index (κ3) is 5.54. The second-order valence-electron chi connectivity index (χ2n) is 7.93. The van der Waals surface area contributed by atoms with Gasteiger partial charge in [-0.3, -0.25) is 14.5 Å². The zero-order valence-corrected chi connectivity index (χ0v) is 22.9. The van der Waals surface area contributed by atoms with E-state index in [4.69, 9.17) is 22.2 Å². The zero-order valence-electron chi connectivity index (χ0n) is 19.7. The molecular weight excluding hydrogens is 592 g/mol. The summed E-state index contributed by atoms with van der Waals surface area (Å²) in [6.45, 7) is 0. The van der Waals surface area contributed by atoms with Crippen molar-refractivity contribution in [3.8, 4) is 5.75 Å². The Bertz CT molecular complexity index is 1510. The monoisotopic (exact) mass is 608 g/mol. The van der Waals surface area contributed by atoms with E-state index in [2.05, 4.69) is 35.4 Å². The van der Waals surface area contributed by atoms with Crippen LogP contribution in [0.2, 0.25) is 5.02 Å². The number of carboxylic acid groups (broad SMARTS) is 1. The van der Waals surface area contributed by atoms with Crippen LogP contribution < -0.4 is 15.9 Å². The number of aryl methyl sites for hydroxylation is 1. The average Bonchev–Trinajstić information content (AvgIpc) is 3.53. The van der Waals surface area contributed by atoms with Crippen molar-refractivity contribution in [1.29, 1.82) is 0 Å². The number of oxime groups is 1. The van der Waals surface area contributed by atoms with Gasteiger partial charge in [0.15, 0.2) is 10.9 Å². The van der Waals surface area contributed by atoms with E-state index < -0.39 is 29.2 Å². The van der Waals surface area contributed by atoms with E-state index in [1.54, 1.807) is 31.3 Å². The Morgan fingerprint density at radius 1 is 1.36 bits per heavy atom. The normalized spacial score (nSPS) is 19.0. The number of halogens is 1. The number of carbonyl (C=O) groups excluding carboxylic acids is 2. The number of nitrogen functional groups attached to an aromatic ring is 1. The summed E-state index contributed by atoms with van der Waals surface area (Å²) >= 11 is 9.32. The van der Waals surface area contributed by atoms with Crippen molar-refractivity contribution in [2.45, 2.75) is 16.6 Å². The molecule has 2 unspecified atom stereocenters. The summed E-state index contributed by atoms with van der Waals surface area (Å²) < 4.78 is 5.48. The van der Waals surface area contributed by atoms with Gasteiger partial charge in [-0.1, -0.05) is 28.5 Å². The molecule has 2 aliphatic rings. The summed E-state index contributed by atoms with van der Waals surface area (Å²) in [5.74, 6) is -1.82. The van der Waals surface area contributed by atoms with E-state index >= 15 is 0 Å². The topological polar surface area (TPSA) is 204 Å². The molecule has 3 aromatic rings. The van der Waals surface area contributed by atoms with Gasteiger partial charge >= 0.3 is 5.97 Å². The van der Waals surface area contributed by atoms with Crippen molar-refractivity contribution in [1.82, 2.24) is 39.8 Å². The number of benzene rings is 1. The van der Waals surface area contributed by atoms with Crippen LogP contribution in [0.4, 0.5) is 5.13 Å². The highest BCUT2D eigenvalue weighted by molar-refractivity contribution is 8.01. The quantitative estimate of drug-likeness (QED) is 0.132. The Labute approximate surface area is 237 Å². The van der Waals surface area contributed by atoms with Crippen LogP contribution in [0.1, 0.15) is 5.82 Å². The number of carboxylic acids is 1. The van der Waals surface area contributed by atoms with Crippen LogP contribution >= 0.6 is 46.7 Å². The van der Waals surface area contributed by atoms with Crippen molar-refractivity contribution in [3.63, 3.8) is 0 Å². The maximum absolute atomic E-state index is 13.2. The summed E-state index contributed by atoms with van der Waals surface area (Å²) in [6, 6.07) is 5.25. The van der Waals surface area contributed by atoms with Gasteiger partial charge in [-0.15, -0.1) is 16.9 Å². The number of aromatic nitrogens is 6. The summed E-state index contributed by atoms with van der Waals surface area (Å²) in [5.41, 5.74) is 5.78. The number of rotatable bonds is 9. The van der Waals surface area contributed by atoms with Gasteiger partial charge in [0.2, 0.25) is 16.7 Å². The molecule has 0 radical (unpaired) electrons. The number of tetrazole rings is 1. The van der Waals surface area contributed by atoms with E-state index in [1.807, 2.05) is 0 Å². The number of fused-ring (bicyclic) bond motifs is 1. The first-order valence-electron chi connectivity index (χ1n) is 10.9. The van der Waals surface area contributed by atoms with Gasteiger partial charge in [0.1, 0.15) is 17.1 Å². The zero-order chi connectivity index (χ0) is 27.7. The summed E-state index contributed by atoms with van der Waals surface area (Å²) in [5, 5.41) is 28.0. The van der Waals surface area contributed by atoms with Crippen LogP contribution in [-0.2, 0) is 21.4 Å². The lowest BCUT2D eigenvalue weighted by Crippen LogP contribution is -2.71. The minimum atomic E-state index is -1.24. The fourth-order valence-electron chi connectivity index (χ4n) is 3.61. The summed E-state index contributed by atoms with van der Waals surface area (Å²) in [4.78, 5) is 48.9. The molecule has 39 heavy (non-hydrogen) atoms. The maximum atomic E-state index is 13.2. The number of thioether (sulfide) groups is 2. The first-order chi connectivity index (χ1) is 18.7. The van der Waals surface area contributed by atoms with Crippen LogP contribution in [0.3, 0.4) is 0 Å². The number of nitrogens with one attached hydrogen (secondary N) is 1. The number of nitrogens with zero attached hydrogens (tertiary/aromatic N) is 8. The number of anilines is 1. The van der Waals surface area contributed by atoms with Crippen LogP contribution in [0.5, 0.6) is 5.75 Å². The maximum Gasteiger partial charge on any atom is 0.352 e. The molecule has 1 fully saturated rings. The molecule has 2 amide bonds. The van der Waals surface area contributed by atoms with E-state index in [0.717, 1.165) is 11.5 Å². The lowest BCUT2D eigenvalue weighted by atomic mass is 10.0. The van der Waals surface area contributed by atoms with Gasteiger partial charge < -0.3 is 21.0 Å². The fraction of sp³-hybridized carbons (Fsp3) is 0.250. The molecule has 0 aliphatic carbocycles. The Balaban J connectivity index is 1.32. The minimum absolute atomic E-state index is 0.0902. The predicted molar refractivity (Wildman–Crippen MR) is 142 cm³/mol. The molecule has 2 aliphatic heterocycles. The van der Waals surface area contributed by atoms with Crippen LogP contribution in [0.15, 0.2) is 45.8 Å². The van der Waals surface area contributed by atoms with E-state index in [1.165, 1.54) is 33.1 Å². The van der Waals surface area contributed by atoms with Gasteiger partial charge in [0.05, 0.1) is 0 Å². The molecular formula is C20H17ClN10O5S3. The van der Waals surface area contributed by atoms with Crippen LogP contribution in [0.25, 0.3) is 0 Å². The van der Waals surface area contributed by atoms with Gasteiger partial charge in [0.25, 0.3) is 11.8 Å². The molecule has 1 aromatic carbocycles. The number of β-lactam (4-membered cyclic amide) rings is 1. The van der Waals surface area contributed by atoms with Gasteiger partial charge in [-0.25, -0.2) is 9.48 Å². The van der Waals surface area contributed by atoms with Crippen molar-refractivity contribution in [3.05, 3.63) is 46.4 Å². The Hall–Kier alpha value is -3.74. The number of nitrogens with two attached hydrogens (primary N) is 1. The third-order valence-electron chi connectivity index (χ3n) is 5.42. The molecule has 2 atom stereocenters. The Morgan fingerprint density at radius 3 is 2.77 bits per heavy atom. The van der Waals surface area contributed by atoms with E-state index in [0.29, 0.717) is 27.3 Å². The molecule has 15 nitrogen and oxygen atoms in total. The number of carbonyl (C=O) groups is 3. The van der Waals surface area contributed by atoms with Crippen LogP contribution in [0, 0.1) is 0 Å². The highest BCUT2D eigenvalue weighted by atomic mass is 35.5. The molecule has 202 valence electrons. The predicted octanol–water partition coefficient (Wildman–Crippen LogP) is 0.611. The van der Waals surface area contributed by atoms with Gasteiger partial charge in [-0.2, -0.15) is 9.36 Å². The van der Waals surface area contributed by atoms with Crippen molar-refractivity contribution in [2.75, 3.05) is 17.2 Å². The molecule has 5 rings (SSSR count). The van der Waals surface area contributed by atoms with Gasteiger partial charge in [0, 0.05) is 35.1 Å². The molecule has 4 N–H and O–H groups in total. The first-order valence-corrected chi connectivity index (χ1v) is 14.1. The molecule has 2 aromatic heterocycles. The smallest absolute Gasteiger partial charge is 0.352 e. The standard InChI is InChI=1S/C20H17ClN10O5S3/c1-30-20(25-28-29-30)38-7-8-6-37-17-12(16(33)31(17)13(8)18(34)35)23-15(32)11(14-24-19(22)39-27-14)26-36-10-4-2-9(21)3-5-10/h2-5,12,17H,6-7H2,1H3,(H,23,32)(H,34,35)(H2,22,24,27)/b26-11+. The third-order valence-corrected chi connectivity index (χ3v) is 8.65. The molecule has 19 heteroatoms. The molecule has 4 heterocycles. The number of hydrogen-bond donors (Lipinski definition) is 3. The summed E-state index contributed by atoms with van der Waals surface area (Å²) in [6.07, 6.45) is 0. The molecule has 0 saturated carbocycles. The SMILES string of the molecule is Cn1nnnc1SCC1=C(C(=O)O)N2C(=O)C(NC(=O)/C(=N/Oc3ccc(Cl)cc3)c3nsc(N)n3)C2SC1. The number of hydrogen-bond acceptors (Lipinski definition) is 14. The lowest BCUT2D eigenvalue weighted by Gasteiger charge is -2.49. The fourth-order valence-corrected chi connectivity index (χ4v) is 6.50. The lowest BCUT2D eigenvalue weighted by molar-refractivity contribution is -0.150. The Morgan fingerprint density at radius 2 is 2.13 bits per heavy atom. The molecule has 0 spiro atoms. The van der Waals surface area contributed by atoms with Gasteiger partial charge in [-0.05, 0) is 40.3 Å². The summed E-state index contributed by atoms with van der Waals surface area (Å²) in [7, 11) is 1.67. The minimum Gasteiger partial charge on any atom is -0.477 e. The van der Waals surface area contributed by atoms with Crippen molar-refractivity contribution < 1.29 is 24.3 Å². The second-order valence-corrected chi connectivity index (χ2v) is 11.2. The second kappa shape index (κ2) is 11.2. The van der Waals surface area contributed by atoms with Crippen molar-refractivity contribution in [2.24, 2.45) is 12.2 Å². The highest BCUT2D eigenvalue weighted by Crippen LogP contribution is 2.41. The molecule has 1 saturated heterocycles. The first kappa shape index (κ1) is 26.9.